The fourth-order valence-electron chi connectivity index (χ4n) is 2.93. The largest absolute Gasteiger partial charge is 0.495 e. The van der Waals surface area contributed by atoms with Crippen molar-refractivity contribution in [2.45, 2.75) is 12.3 Å². The van der Waals surface area contributed by atoms with Gasteiger partial charge in [-0.2, -0.15) is 10.1 Å². The lowest BCUT2D eigenvalue weighted by molar-refractivity contribution is 0.286. The summed E-state index contributed by atoms with van der Waals surface area (Å²) >= 11 is 5.95. The first-order valence-corrected chi connectivity index (χ1v) is 8.66. The van der Waals surface area contributed by atoms with Crippen LogP contribution in [-0.4, -0.2) is 38.4 Å². The van der Waals surface area contributed by atoms with Crippen LogP contribution in [0.1, 0.15) is 18.0 Å². The molecule has 0 spiro atoms. The number of hydrogen-bond acceptors (Lipinski definition) is 6. The van der Waals surface area contributed by atoms with Gasteiger partial charge >= 0.3 is 0 Å². The number of methoxy groups -OCH3 is 1. The Kier molecular flexibility index (Phi) is 4.46. The molecule has 7 nitrogen and oxygen atoms in total. The van der Waals surface area contributed by atoms with Crippen LogP contribution in [0.2, 0.25) is 5.28 Å². The Morgan fingerprint density at radius 1 is 1.23 bits per heavy atom. The molecule has 0 aliphatic heterocycles. The Balaban J connectivity index is 1.44. The summed E-state index contributed by atoms with van der Waals surface area (Å²) in [6.07, 6.45) is 8.09. The normalized spacial score (nSPS) is 18.6. The predicted molar refractivity (Wildman–Crippen MR) is 96.4 cm³/mol. The topological polar surface area (TPSA) is 75.0 Å². The number of pyridine rings is 1. The number of rotatable bonds is 6. The molecule has 4 rings (SSSR count). The highest BCUT2D eigenvalue weighted by Crippen LogP contribution is 2.47. The Morgan fingerprint density at radius 2 is 2.12 bits per heavy atom. The van der Waals surface area contributed by atoms with Crippen molar-refractivity contribution in [1.82, 2.24) is 24.7 Å². The molecule has 0 saturated heterocycles. The number of aromatic nitrogens is 5. The van der Waals surface area contributed by atoms with E-state index in [9.17, 15) is 0 Å². The van der Waals surface area contributed by atoms with Crippen LogP contribution < -0.4 is 9.47 Å². The van der Waals surface area contributed by atoms with Crippen LogP contribution in [0.4, 0.5) is 0 Å². The molecule has 134 valence electrons. The van der Waals surface area contributed by atoms with Crippen molar-refractivity contribution in [1.29, 1.82) is 0 Å². The maximum Gasteiger partial charge on any atom is 0.225 e. The number of aryl methyl sites for hydroxylation is 1. The van der Waals surface area contributed by atoms with Crippen molar-refractivity contribution in [2.75, 3.05) is 13.7 Å². The average Bonchev–Trinajstić information content (AvgIpc) is 3.31. The molecular weight excluding hydrogens is 354 g/mol. The Labute approximate surface area is 156 Å². The van der Waals surface area contributed by atoms with Crippen LogP contribution >= 0.6 is 11.6 Å². The first kappa shape index (κ1) is 16.8. The minimum atomic E-state index is 0.164. The van der Waals surface area contributed by atoms with E-state index in [1.165, 1.54) is 0 Å². The number of halogens is 1. The van der Waals surface area contributed by atoms with E-state index in [0.29, 0.717) is 24.3 Å². The van der Waals surface area contributed by atoms with Crippen LogP contribution in [0.15, 0.2) is 36.9 Å². The standard InChI is InChI=1S/C18H18ClN5O2/c1-24-9-12(6-22-24)15-8-21-18(19)23-17(15)26-10-11-5-14(11)16-4-3-13(25-2)7-20-16/h3-4,6-9,11,14H,5,10H2,1-2H3/t11-,14?/m1/s1. The average molecular weight is 372 g/mol. The summed E-state index contributed by atoms with van der Waals surface area (Å²) in [5.74, 6) is 2.05. The summed E-state index contributed by atoms with van der Waals surface area (Å²) < 4.78 is 12.8. The third kappa shape index (κ3) is 3.48. The number of ether oxygens (including phenoxy) is 2. The Morgan fingerprint density at radius 3 is 2.81 bits per heavy atom. The SMILES string of the molecule is COc1ccc(C2C[C@@H]2COc2nc(Cl)ncc2-c2cnn(C)c2)nc1. The first-order valence-electron chi connectivity index (χ1n) is 8.28. The highest BCUT2D eigenvalue weighted by atomic mass is 35.5. The molecule has 0 aromatic carbocycles. The maximum atomic E-state index is 5.98. The first-order chi connectivity index (χ1) is 12.6. The van der Waals surface area contributed by atoms with E-state index in [-0.39, 0.29) is 5.28 Å². The second-order valence-electron chi connectivity index (χ2n) is 6.30. The lowest BCUT2D eigenvalue weighted by Gasteiger charge is -2.09. The van der Waals surface area contributed by atoms with E-state index in [1.54, 1.807) is 30.4 Å². The summed E-state index contributed by atoms with van der Waals surface area (Å²) in [4.78, 5) is 12.8. The highest BCUT2D eigenvalue weighted by Gasteiger charge is 2.40. The van der Waals surface area contributed by atoms with E-state index in [4.69, 9.17) is 21.1 Å². The van der Waals surface area contributed by atoms with Gasteiger partial charge in [0.1, 0.15) is 5.75 Å². The molecule has 0 N–H and O–H groups in total. The van der Waals surface area contributed by atoms with E-state index < -0.39 is 0 Å². The molecule has 0 radical (unpaired) electrons. The summed E-state index contributed by atoms with van der Waals surface area (Å²) in [5.41, 5.74) is 2.73. The van der Waals surface area contributed by atoms with Gasteiger partial charge in [0.05, 0.1) is 31.7 Å². The summed E-state index contributed by atoms with van der Waals surface area (Å²) in [7, 11) is 3.49. The van der Waals surface area contributed by atoms with Crippen molar-refractivity contribution >= 4 is 11.6 Å². The van der Waals surface area contributed by atoms with Gasteiger partial charge in [-0.05, 0) is 30.2 Å². The molecule has 3 aromatic rings. The third-order valence-electron chi connectivity index (χ3n) is 4.47. The van der Waals surface area contributed by atoms with Crippen molar-refractivity contribution in [3.8, 4) is 22.8 Å². The third-order valence-corrected chi connectivity index (χ3v) is 4.65. The zero-order valence-electron chi connectivity index (χ0n) is 14.5. The molecule has 3 aromatic heterocycles. The molecule has 8 heteroatoms. The molecule has 0 amide bonds. The van der Waals surface area contributed by atoms with Crippen molar-refractivity contribution in [2.24, 2.45) is 13.0 Å². The molecule has 0 bridgehead atoms. The fourth-order valence-corrected chi connectivity index (χ4v) is 3.05. The van der Waals surface area contributed by atoms with Gasteiger partial charge in [-0.3, -0.25) is 9.67 Å². The van der Waals surface area contributed by atoms with Crippen LogP contribution in [0, 0.1) is 5.92 Å². The van der Waals surface area contributed by atoms with Crippen molar-refractivity contribution < 1.29 is 9.47 Å². The second-order valence-corrected chi connectivity index (χ2v) is 6.63. The van der Waals surface area contributed by atoms with Gasteiger partial charge in [-0.15, -0.1) is 0 Å². The fraction of sp³-hybridized carbons (Fsp3) is 0.333. The number of hydrogen-bond donors (Lipinski definition) is 0. The molecule has 1 fully saturated rings. The second kappa shape index (κ2) is 6.92. The van der Waals surface area contributed by atoms with Crippen LogP contribution in [-0.2, 0) is 7.05 Å². The molecule has 3 heterocycles. The van der Waals surface area contributed by atoms with Gasteiger partial charge in [0.15, 0.2) is 0 Å². The van der Waals surface area contributed by atoms with Crippen molar-refractivity contribution in [3.05, 3.63) is 47.9 Å². The van der Waals surface area contributed by atoms with Gasteiger partial charge < -0.3 is 9.47 Å². The molecular formula is C18H18ClN5O2. The minimum absolute atomic E-state index is 0.164. The summed E-state index contributed by atoms with van der Waals surface area (Å²) in [6.45, 7) is 0.555. The molecule has 1 aliphatic rings. The van der Waals surface area contributed by atoms with Crippen LogP contribution in [0.3, 0.4) is 0 Å². The molecule has 1 aliphatic carbocycles. The molecule has 26 heavy (non-hydrogen) atoms. The van der Waals surface area contributed by atoms with Gasteiger partial charge in [0, 0.05) is 42.5 Å². The zero-order valence-corrected chi connectivity index (χ0v) is 15.2. The molecule has 1 unspecified atom stereocenters. The van der Waals surface area contributed by atoms with E-state index >= 15 is 0 Å². The predicted octanol–water partition coefficient (Wildman–Crippen LogP) is 3.12. The molecule has 1 saturated carbocycles. The Bertz CT molecular complexity index is 912. The highest BCUT2D eigenvalue weighted by molar-refractivity contribution is 6.28. The van der Waals surface area contributed by atoms with Gasteiger partial charge in [-0.25, -0.2) is 4.98 Å². The quantitative estimate of drug-likeness (QED) is 0.620. The van der Waals surface area contributed by atoms with Crippen LogP contribution in [0.25, 0.3) is 11.1 Å². The molecule has 2 atom stereocenters. The Hall–Kier alpha value is -2.67. The zero-order chi connectivity index (χ0) is 18.1. The number of nitrogens with zero attached hydrogens (tertiary/aromatic N) is 5. The summed E-state index contributed by atoms with van der Waals surface area (Å²) in [5, 5.41) is 4.35. The lowest BCUT2D eigenvalue weighted by Crippen LogP contribution is -2.05. The van der Waals surface area contributed by atoms with Crippen molar-refractivity contribution in [3.63, 3.8) is 0 Å². The van der Waals surface area contributed by atoms with E-state index in [0.717, 1.165) is 29.0 Å². The lowest BCUT2D eigenvalue weighted by atomic mass is 10.2. The van der Waals surface area contributed by atoms with E-state index in [2.05, 4.69) is 20.1 Å². The van der Waals surface area contributed by atoms with Gasteiger partial charge in [-0.1, -0.05) is 0 Å². The maximum absolute atomic E-state index is 5.98. The minimum Gasteiger partial charge on any atom is -0.495 e. The smallest absolute Gasteiger partial charge is 0.225 e. The summed E-state index contributed by atoms with van der Waals surface area (Å²) in [6, 6.07) is 3.94. The van der Waals surface area contributed by atoms with E-state index in [1.807, 2.05) is 25.4 Å². The van der Waals surface area contributed by atoms with Crippen LogP contribution in [0.5, 0.6) is 11.6 Å². The monoisotopic (exact) mass is 371 g/mol. The van der Waals surface area contributed by atoms with Gasteiger partial charge in [0.2, 0.25) is 11.2 Å². The van der Waals surface area contributed by atoms with Gasteiger partial charge in [0.25, 0.3) is 0 Å².